The smallest absolute Gasteiger partial charge is 0.233 e. The highest BCUT2D eigenvalue weighted by Gasteiger charge is 2.16. The summed E-state index contributed by atoms with van der Waals surface area (Å²) in [5.41, 5.74) is 3.16. The molecule has 24 heavy (non-hydrogen) atoms. The van der Waals surface area contributed by atoms with Gasteiger partial charge in [-0.2, -0.15) is 0 Å². The van der Waals surface area contributed by atoms with Crippen LogP contribution in [0.5, 0.6) is 0 Å². The first kappa shape index (κ1) is 16.7. The molecule has 3 aromatic rings. The van der Waals surface area contributed by atoms with Gasteiger partial charge in [0.05, 0.1) is 10.9 Å². The summed E-state index contributed by atoms with van der Waals surface area (Å²) in [7, 11) is 0. The van der Waals surface area contributed by atoms with Gasteiger partial charge in [0.25, 0.3) is 0 Å². The van der Waals surface area contributed by atoms with Crippen molar-refractivity contribution in [2.24, 2.45) is 0 Å². The number of thioether (sulfide) groups is 1. The van der Waals surface area contributed by atoms with Gasteiger partial charge < -0.3 is 5.32 Å². The lowest BCUT2D eigenvalue weighted by atomic mass is 10.2. The predicted molar refractivity (Wildman–Crippen MR) is 101 cm³/mol. The van der Waals surface area contributed by atoms with Crippen molar-refractivity contribution in [3.63, 3.8) is 0 Å². The molecular formula is C19H18N2OS2. The molecule has 0 unspecified atom stereocenters. The van der Waals surface area contributed by atoms with Gasteiger partial charge in [-0.15, -0.1) is 11.3 Å². The minimum atomic E-state index is -0.177. The number of nitrogens with one attached hydrogen (secondary N) is 1. The van der Waals surface area contributed by atoms with Crippen molar-refractivity contribution >= 4 is 29.0 Å². The molecule has 1 N–H and O–H groups in total. The number of benzene rings is 2. The Morgan fingerprint density at radius 3 is 2.50 bits per heavy atom. The molecule has 0 aliphatic rings. The van der Waals surface area contributed by atoms with E-state index in [4.69, 9.17) is 0 Å². The van der Waals surface area contributed by atoms with Crippen LogP contribution in [0.15, 0.2) is 70.4 Å². The van der Waals surface area contributed by atoms with Crippen molar-refractivity contribution < 1.29 is 4.79 Å². The zero-order valence-corrected chi connectivity index (χ0v) is 14.9. The monoisotopic (exact) mass is 354 g/mol. The fourth-order valence-electron chi connectivity index (χ4n) is 2.19. The van der Waals surface area contributed by atoms with Gasteiger partial charge in [0.15, 0.2) is 4.34 Å². The van der Waals surface area contributed by atoms with Crippen LogP contribution in [0, 0.1) is 0 Å². The lowest BCUT2D eigenvalue weighted by Gasteiger charge is -2.10. The molecule has 0 aliphatic carbocycles. The lowest BCUT2D eigenvalue weighted by Crippen LogP contribution is -2.30. The summed E-state index contributed by atoms with van der Waals surface area (Å²) in [5, 5.41) is 4.83. The maximum atomic E-state index is 12.2. The van der Waals surface area contributed by atoms with Crippen LogP contribution in [0.3, 0.4) is 0 Å². The van der Waals surface area contributed by atoms with Crippen LogP contribution in [0.2, 0.25) is 0 Å². The molecular weight excluding hydrogens is 336 g/mol. The molecule has 0 aliphatic heterocycles. The molecule has 1 atom stereocenters. The predicted octanol–water partition coefficient (Wildman–Crippen LogP) is 4.61. The Kier molecular flexibility index (Phi) is 5.67. The van der Waals surface area contributed by atoms with Crippen LogP contribution in [0.1, 0.15) is 12.5 Å². The summed E-state index contributed by atoms with van der Waals surface area (Å²) >= 11 is 3.07. The molecule has 1 aromatic heterocycles. The summed E-state index contributed by atoms with van der Waals surface area (Å²) in [6.07, 6.45) is 0. The normalized spacial score (nSPS) is 11.9. The van der Waals surface area contributed by atoms with Crippen molar-refractivity contribution in [3.8, 4) is 11.3 Å². The van der Waals surface area contributed by atoms with Crippen LogP contribution in [-0.4, -0.2) is 16.1 Å². The van der Waals surface area contributed by atoms with Crippen molar-refractivity contribution in [3.05, 3.63) is 71.6 Å². The molecule has 1 heterocycles. The Balaban J connectivity index is 1.55. The van der Waals surface area contributed by atoms with Gasteiger partial charge in [-0.1, -0.05) is 72.4 Å². The second-order valence-corrected chi connectivity index (χ2v) is 7.77. The van der Waals surface area contributed by atoms with Gasteiger partial charge in [-0.3, -0.25) is 4.79 Å². The van der Waals surface area contributed by atoms with E-state index < -0.39 is 0 Å². The fourth-order valence-corrected chi connectivity index (χ4v) is 4.18. The number of rotatable bonds is 6. The molecule has 5 heteroatoms. The molecule has 122 valence electrons. The van der Waals surface area contributed by atoms with E-state index in [2.05, 4.69) is 10.3 Å². The minimum Gasteiger partial charge on any atom is -0.351 e. The van der Waals surface area contributed by atoms with E-state index in [9.17, 15) is 4.79 Å². The summed E-state index contributed by atoms with van der Waals surface area (Å²) in [6.45, 7) is 2.46. The SMILES string of the molecule is C[C@@H](Sc1nc(-c2ccccc2)cs1)C(=O)NCc1ccccc1. The summed E-state index contributed by atoms with van der Waals surface area (Å²) in [5.74, 6) is 0.0281. The Morgan fingerprint density at radius 1 is 1.12 bits per heavy atom. The van der Waals surface area contributed by atoms with Crippen LogP contribution < -0.4 is 5.32 Å². The molecule has 2 aromatic carbocycles. The van der Waals surface area contributed by atoms with Crippen LogP contribution in [0.25, 0.3) is 11.3 Å². The highest BCUT2D eigenvalue weighted by molar-refractivity contribution is 8.02. The average Bonchev–Trinajstić information content (AvgIpc) is 3.10. The molecule has 0 radical (unpaired) electrons. The molecule has 0 saturated heterocycles. The molecule has 3 rings (SSSR count). The van der Waals surface area contributed by atoms with Gasteiger partial charge in [0.2, 0.25) is 5.91 Å². The maximum absolute atomic E-state index is 12.2. The summed E-state index contributed by atoms with van der Waals surface area (Å²) < 4.78 is 0.913. The molecule has 3 nitrogen and oxygen atoms in total. The van der Waals surface area contributed by atoms with Crippen LogP contribution >= 0.6 is 23.1 Å². The lowest BCUT2D eigenvalue weighted by molar-refractivity contribution is -0.120. The Labute approximate surface area is 150 Å². The molecule has 0 saturated carbocycles. The highest BCUT2D eigenvalue weighted by Crippen LogP contribution is 2.30. The van der Waals surface area contributed by atoms with Crippen molar-refractivity contribution in [1.29, 1.82) is 0 Å². The van der Waals surface area contributed by atoms with Crippen LogP contribution in [0.4, 0.5) is 0 Å². The third-order valence-corrected chi connectivity index (χ3v) is 5.58. The number of carbonyl (C=O) groups is 1. The van der Waals surface area contributed by atoms with Gasteiger partial charge in [0, 0.05) is 17.5 Å². The van der Waals surface area contributed by atoms with E-state index in [0.29, 0.717) is 6.54 Å². The van der Waals surface area contributed by atoms with Crippen LogP contribution in [-0.2, 0) is 11.3 Å². The van der Waals surface area contributed by atoms with Crippen molar-refractivity contribution in [2.75, 3.05) is 0 Å². The topological polar surface area (TPSA) is 42.0 Å². The highest BCUT2D eigenvalue weighted by atomic mass is 32.2. The first-order valence-corrected chi connectivity index (χ1v) is 9.47. The maximum Gasteiger partial charge on any atom is 0.233 e. The van der Waals surface area contributed by atoms with E-state index in [1.165, 1.54) is 11.8 Å². The van der Waals surface area contributed by atoms with Gasteiger partial charge in [0.1, 0.15) is 0 Å². The Bertz CT molecular complexity index is 787. The van der Waals surface area contributed by atoms with E-state index in [1.54, 1.807) is 11.3 Å². The molecule has 0 spiro atoms. The van der Waals surface area contributed by atoms with E-state index in [1.807, 2.05) is 73.0 Å². The molecule has 0 fully saturated rings. The molecule has 0 bridgehead atoms. The number of thiazole rings is 1. The minimum absolute atomic E-state index is 0.0281. The molecule has 1 amide bonds. The number of amides is 1. The number of hydrogen-bond acceptors (Lipinski definition) is 4. The second-order valence-electron chi connectivity index (χ2n) is 5.33. The Morgan fingerprint density at radius 2 is 1.79 bits per heavy atom. The summed E-state index contributed by atoms with van der Waals surface area (Å²) in [6, 6.07) is 20.0. The standard InChI is InChI=1S/C19H18N2OS2/c1-14(18(22)20-12-15-8-4-2-5-9-15)24-19-21-17(13-23-19)16-10-6-3-7-11-16/h2-11,13-14H,12H2,1H3,(H,20,22)/t14-/m1/s1. The summed E-state index contributed by atoms with van der Waals surface area (Å²) in [4.78, 5) is 16.9. The number of nitrogens with zero attached hydrogens (tertiary/aromatic N) is 1. The average molecular weight is 355 g/mol. The number of hydrogen-bond donors (Lipinski definition) is 1. The number of carbonyl (C=O) groups excluding carboxylic acids is 1. The zero-order valence-electron chi connectivity index (χ0n) is 13.3. The van der Waals surface area contributed by atoms with Crippen molar-refractivity contribution in [2.45, 2.75) is 23.1 Å². The van der Waals surface area contributed by atoms with Gasteiger partial charge >= 0.3 is 0 Å². The van der Waals surface area contributed by atoms with E-state index in [0.717, 1.165) is 21.2 Å². The van der Waals surface area contributed by atoms with Gasteiger partial charge in [-0.25, -0.2) is 4.98 Å². The number of aromatic nitrogens is 1. The third-order valence-electron chi connectivity index (χ3n) is 3.51. The first-order valence-electron chi connectivity index (χ1n) is 7.71. The van der Waals surface area contributed by atoms with E-state index >= 15 is 0 Å². The quantitative estimate of drug-likeness (QED) is 0.658. The fraction of sp³-hybridized carbons (Fsp3) is 0.158. The third kappa shape index (κ3) is 4.46. The van der Waals surface area contributed by atoms with Gasteiger partial charge in [-0.05, 0) is 12.5 Å². The zero-order chi connectivity index (χ0) is 16.8. The Hall–Kier alpha value is -2.11. The van der Waals surface area contributed by atoms with E-state index in [-0.39, 0.29) is 11.2 Å². The first-order chi connectivity index (χ1) is 11.7. The second kappa shape index (κ2) is 8.13. The van der Waals surface area contributed by atoms with Crippen molar-refractivity contribution in [1.82, 2.24) is 10.3 Å². The largest absolute Gasteiger partial charge is 0.351 e.